The van der Waals surface area contributed by atoms with Crippen LogP contribution in [-0.4, -0.2) is 22.0 Å². The average molecular weight is 422 g/mol. The quantitative estimate of drug-likeness (QED) is 0.597. The third-order valence-electron chi connectivity index (χ3n) is 5.14. The number of amides is 1. The molecule has 7 heteroatoms. The van der Waals surface area contributed by atoms with E-state index in [1.54, 1.807) is 26.0 Å². The van der Waals surface area contributed by atoms with Crippen molar-refractivity contribution in [3.8, 4) is 5.75 Å². The predicted molar refractivity (Wildman–Crippen MR) is 115 cm³/mol. The van der Waals surface area contributed by atoms with Crippen molar-refractivity contribution in [1.82, 2.24) is 4.98 Å². The van der Waals surface area contributed by atoms with Gasteiger partial charge in [0, 0.05) is 11.8 Å². The molecule has 160 valence electrons. The minimum absolute atomic E-state index is 0.00658. The summed E-state index contributed by atoms with van der Waals surface area (Å²) >= 11 is 0. The van der Waals surface area contributed by atoms with Crippen LogP contribution >= 0.6 is 0 Å². The standard InChI is InChI=1S/C24H23FN2O4/c1-14-5-9-20(19(25)11-14)31-24(4,18-8-6-15(2)16(3)12-18)23(30)27-21-10-7-17(13-26-21)22(28)29/h5-13H,1-4H3,(H,28,29)(H,26,27,30). The van der Waals surface area contributed by atoms with Crippen LogP contribution in [0.3, 0.4) is 0 Å². The minimum atomic E-state index is -1.58. The number of nitrogens with zero attached hydrogens (tertiary/aromatic N) is 1. The van der Waals surface area contributed by atoms with Crippen molar-refractivity contribution in [2.24, 2.45) is 0 Å². The Labute approximate surface area is 179 Å². The third kappa shape index (κ3) is 4.71. The van der Waals surface area contributed by atoms with E-state index in [2.05, 4.69) is 10.3 Å². The van der Waals surface area contributed by atoms with Gasteiger partial charge in [0.2, 0.25) is 5.60 Å². The summed E-state index contributed by atoms with van der Waals surface area (Å²) in [7, 11) is 0. The molecule has 0 saturated heterocycles. The molecule has 31 heavy (non-hydrogen) atoms. The fourth-order valence-electron chi connectivity index (χ4n) is 3.01. The van der Waals surface area contributed by atoms with Gasteiger partial charge < -0.3 is 15.2 Å². The van der Waals surface area contributed by atoms with E-state index in [0.29, 0.717) is 5.56 Å². The van der Waals surface area contributed by atoms with E-state index >= 15 is 0 Å². The number of carbonyl (C=O) groups excluding carboxylic acids is 1. The Kier molecular flexibility index (Phi) is 6.06. The third-order valence-corrected chi connectivity index (χ3v) is 5.14. The summed E-state index contributed by atoms with van der Waals surface area (Å²) < 4.78 is 20.5. The molecule has 1 heterocycles. The molecular formula is C24H23FN2O4. The molecule has 0 radical (unpaired) electrons. The second kappa shape index (κ2) is 8.55. The number of aryl methyl sites for hydroxylation is 3. The van der Waals surface area contributed by atoms with Crippen LogP contribution in [0.25, 0.3) is 0 Å². The molecule has 1 aromatic heterocycles. The first-order chi connectivity index (χ1) is 14.6. The second-order valence-corrected chi connectivity index (χ2v) is 7.56. The van der Waals surface area contributed by atoms with Crippen LogP contribution < -0.4 is 10.1 Å². The first-order valence-electron chi connectivity index (χ1n) is 9.64. The van der Waals surface area contributed by atoms with Crippen molar-refractivity contribution in [2.75, 3.05) is 5.32 Å². The predicted octanol–water partition coefficient (Wildman–Crippen LogP) is 4.78. The fourth-order valence-corrected chi connectivity index (χ4v) is 3.01. The smallest absolute Gasteiger partial charge is 0.337 e. The number of pyridine rings is 1. The number of rotatable bonds is 6. The maximum Gasteiger partial charge on any atom is 0.337 e. The van der Waals surface area contributed by atoms with Gasteiger partial charge in [0.1, 0.15) is 5.82 Å². The largest absolute Gasteiger partial charge is 0.478 e. The highest BCUT2D eigenvalue weighted by Crippen LogP contribution is 2.32. The molecule has 0 aliphatic heterocycles. The number of benzene rings is 2. The normalized spacial score (nSPS) is 12.7. The number of ether oxygens (including phenoxy) is 1. The Morgan fingerprint density at radius 2 is 1.77 bits per heavy atom. The van der Waals surface area contributed by atoms with Crippen LogP contribution in [0, 0.1) is 26.6 Å². The molecule has 6 nitrogen and oxygen atoms in total. The van der Waals surface area contributed by atoms with Gasteiger partial charge in [0.15, 0.2) is 11.6 Å². The first-order valence-corrected chi connectivity index (χ1v) is 9.64. The highest BCUT2D eigenvalue weighted by Gasteiger charge is 2.39. The van der Waals surface area contributed by atoms with E-state index in [4.69, 9.17) is 9.84 Å². The van der Waals surface area contributed by atoms with Gasteiger partial charge in [0.05, 0.1) is 5.56 Å². The Bertz CT molecular complexity index is 1140. The Morgan fingerprint density at radius 1 is 1.03 bits per heavy atom. The molecule has 0 aliphatic rings. The van der Waals surface area contributed by atoms with Crippen molar-refractivity contribution in [3.05, 3.63) is 88.4 Å². The van der Waals surface area contributed by atoms with Crippen molar-refractivity contribution in [3.63, 3.8) is 0 Å². The van der Waals surface area contributed by atoms with Gasteiger partial charge in [-0.2, -0.15) is 0 Å². The van der Waals surface area contributed by atoms with Gasteiger partial charge in [-0.1, -0.05) is 24.3 Å². The molecule has 1 unspecified atom stereocenters. The lowest BCUT2D eigenvalue weighted by atomic mass is 9.91. The maximum absolute atomic E-state index is 14.5. The zero-order valence-corrected chi connectivity index (χ0v) is 17.7. The number of carboxylic acid groups (broad SMARTS) is 1. The fraction of sp³-hybridized carbons (Fsp3) is 0.208. The number of nitrogens with one attached hydrogen (secondary N) is 1. The molecule has 2 N–H and O–H groups in total. The molecular weight excluding hydrogens is 399 g/mol. The topological polar surface area (TPSA) is 88.5 Å². The van der Waals surface area contributed by atoms with E-state index in [9.17, 15) is 14.0 Å². The van der Waals surface area contributed by atoms with Crippen LogP contribution in [0.5, 0.6) is 5.75 Å². The molecule has 0 fully saturated rings. The van der Waals surface area contributed by atoms with Gasteiger partial charge in [0.25, 0.3) is 5.91 Å². The molecule has 2 aromatic carbocycles. The zero-order chi connectivity index (χ0) is 22.8. The van der Waals surface area contributed by atoms with E-state index in [1.165, 1.54) is 24.3 Å². The first kappa shape index (κ1) is 22.0. The Hall–Kier alpha value is -3.74. The molecule has 0 aliphatic carbocycles. The highest BCUT2D eigenvalue weighted by molar-refractivity contribution is 5.97. The lowest BCUT2D eigenvalue weighted by molar-refractivity contribution is -0.130. The van der Waals surface area contributed by atoms with Crippen LogP contribution in [0.2, 0.25) is 0 Å². The SMILES string of the molecule is Cc1ccc(OC(C)(C(=O)Nc2ccc(C(=O)O)cn2)c2ccc(C)c(C)c2)c(F)c1. The number of carboxylic acids is 1. The Balaban J connectivity index is 2.00. The summed E-state index contributed by atoms with van der Waals surface area (Å²) in [4.78, 5) is 28.3. The number of aromatic nitrogens is 1. The Morgan fingerprint density at radius 3 is 2.35 bits per heavy atom. The molecule has 3 aromatic rings. The average Bonchev–Trinajstić information content (AvgIpc) is 2.72. The number of carbonyl (C=O) groups is 2. The summed E-state index contributed by atoms with van der Waals surface area (Å²) in [6.07, 6.45) is 1.14. The van der Waals surface area contributed by atoms with Crippen molar-refractivity contribution in [1.29, 1.82) is 0 Å². The summed E-state index contributed by atoms with van der Waals surface area (Å²) in [5, 5.41) is 11.7. The van der Waals surface area contributed by atoms with Gasteiger partial charge in [-0.3, -0.25) is 4.79 Å². The van der Waals surface area contributed by atoms with Crippen LogP contribution in [0.15, 0.2) is 54.7 Å². The van der Waals surface area contributed by atoms with Crippen molar-refractivity contribution in [2.45, 2.75) is 33.3 Å². The maximum atomic E-state index is 14.5. The number of aromatic carboxylic acids is 1. The van der Waals surface area contributed by atoms with E-state index in [1.807, 2.05) is 26.0 Å². The van der Waals surface area contributed by atoms with Crippen LogP contribution in [0.1, 0.15) is 39.5 Å². The van der Waals surface area contributed by atoms with E-state index in [0.717, 1.165) is 22.9 Å². The van der Waals surface area contributed by atoms with Crippen LogP contribution in [0.4, 0.5) is 10.2 Å². The van der Waals surface area contributed by atoms with Gasteiger partial charge in [-0.05, 0) is 68.7 Å². The number of hydrogen-bond acceptors (Lipinski definition) is 4. The van der Waals surface area contributed by atoms with E-state index < -0.39 is 23.3 Å². The molecule has 3 rings (SSSR count). The van der Waals surface area contributed by atoms with Gasteiger partial charge >= 0.3 is 5.97 Å². The molecule has 1 amide bonds. The lowest BCUT2D eigenvalue weighted by Gasteiger charge is -2.30. The minimum Gasteiger partial charge on any atom is -0.478 e. The highest BCUT2D eigenvalue weighted by atomic mass is 19.1. The summed E-state index contributed by atoms with van der Waals surface area (Å²) in [6, 6.07) is 12.7. The van der Waals surface area contributed by atoms with Crippen LogP contribution in [-0.2, 0) is 10.4 Å². The molecule has 0 bridgehead atoms. The number of anilines is 1. The summed E-state index contributed by atoms with van der Waals surface area (Å²) in [5.74, 6) is -2.18. The van der Waals surface area contributed by atoms with Gasteiger partial charge in [-0.15, -0.1) is 0 Å². The lowest BCUT2D eigenvalue weighted by Crippen LogP contribution is -2.43. The van der Waals surface area contributed by atoms with Gasteiger partial charge in [-0.25, -0.2) is 14.2 Å². The monoisotopic (exact) mass is 422 g/mol. The molecule has 0 saturated carbocycles. The summed E-state index contributed by atoms with van der Waals surface area (Å²) in [5.41, 5.74) is 1.67. The zero-order valence-electron chi connectivity index (χ0n) is 17.7. The number of halogens is 1. The second-order valence-electron chi connectivity index (χ2n) is 7.56. The van der Waals surface area contributed by atoms with Crippen molar-refractivity contribution < 1.29 is 23.8 Å². The van der Waals surface area contributed by atoms with Crippen molar-refractivity contribution >= 4 is 17.7 Å². The molecule has 0 spiro atoms. The van der Waals surface area contributed by atoms with E-state index in [-0.39, 0.29) is 17.1 Å². The number of hydrogen-bond donors (Lipinski definition) is 2. The molecule has 1 atom stereocenters. The summed E-state index contributed by atoms with van der Waals surface area (Å²) in [6.45, 7) is 7.17.